The summed E-state index contributed by atoms with van der Waals surface area (Å²) in [7, 11) is 1.37. The molecule has 0 saturated heterocycles. The number of methoxy groups -OCH3 is 1. The molecule has 5 nitrogen and oxygen atoms in total. The molecule has 6 heteroatoms. The van der Waals surface area contributed by atoms with Crippen LogP contribution in [0.4, 0.5) is 0 Å². The van der Waals surface area contributed by atoms with Gasteiger partial charge in [-0.05, 0) is 37.6 Å². The highest BCUT2D eigenvalue weighted by Crippen LogP contribution is 2.24. The third kappa shape index (κ3) is 3.65. The smallest absolute Gasteiger partial charge is 0.306 e. The first-order valence-electron chi connectivity index (χ1n) is 8.30. The number of carbonyl (C=O) groups excluding carboxylic acids is 1. The van der Waals surface area contributed by atoms with Gasteiger partial charge in [0, 0.05) is 5.75 Å². The van der Waals surface area contributed by atoms with Crippen LogP contribution in [0.2, 0.25) is 0 Å². The number of hydrogen-bond donors (Lipinski definition) is 0. The Balaban J connectivity index is 2.14. The van der Waals surface area contributed by atoms with Crippen molar-refractivity contribution in [2.24, 2.45) is 0 Å². The number of benzene rings is 2. The summed E-state index contributed by atoms with van der Waals surface area (Å²) in [5.41, 5.74) is 3.48. The van der Waals surface area contributed by atoms with Crippen LogP contribution in [0.5, 0.6) is 0 Å². The molecule has 2 aromatic carbocycles. The number of hydrogen-bond acceptors (Lipinski definition) is 5. The summed E-state index contributed by atoms with van der Waals surface area (Å²) in [6.07, 6.45) is 0.261. The Labute approximate surface area is 156 Å². The average Bonchev–Trinajstić information content (AvgIpc) is 2.63. The number of ether oxygens (including phenoxy) is 1. The van der Waals surface area contributed by atoms with Crippen molar-refractivity contribution in [1.82, 2.24) is 9.55 Å². The Kier molecular flexibility index (Phi) is 5.42. The van der Waals surface area contributed by atoms with E-state index in [1.54, 1.807) is 10.6 Å². The Hall–Kier alpha value is -2.60. The van der Waals surface area contributed by atoms with Crippen molar-refractivity contribution in [3.05, 3.63) is 63.9 Å². The summed E-state index contributed by atoms with van der Waals surface area (Å²) in [6.45, 7) is 4.00. The van der Waals surface area contributed by atoms with E-state index in [1.165, 1.54) is 18.9 Å². The van der Waals surface area contributed by atoms with E-state index in [0.717, 1.165) is 16.8 Å². The maximum absolute atomic E-state index is 13.2. The van der Waals surface area contributed by atoms with Gasteiger partial charge in [-0.2, -0.15) is 0 Å². The van der Waals surface area contributed by atoms with Crippen LogP contribution < -0.4 is 5.56 Å². The summed E-state index contributed by atoms with van der Waals surface area (Å²) in [6, 6.07) is 13.3. The minimum Gasteiger partial charge on any atom is -0.469 e. The molecule has 134 valence electrons. The minimum atomic E-state index is -0.279. The molecule has 1 aromatic heterocycles. The standard InChI is InChI=1S/C20H20N2O3S/c1-13-8-9-17(14(2)12-13)22-19(24)15-6-4-5-7-16(15)21-20(22)26-11-10-18(23)25-3/h4-9,12H,10-11H2,1-3H3. The van der Waals surface area contributed by atoms with Crippen LogP contribution in [0.3, 0.4) is 0 Å². The van der Waals surface area contributed by atoms with Crippen molar-refractivity contribution in [2.45, 2.75) is 25.4 Å². The van der Waals surface area contributed by atoms with E-state index in [9.17, 15) is 9.59 Å². The molecule has 1 heterocycles. The first-order valence-corrected chi connectivity index (χ1v) is 9.29. The molecule has 0 amide bonds. The fourth-order valence-corrected chi connectivity index (χ4v) is 3.73. The summed E-state index contributed by atoms with van der Waals surface area (Å²) < 4.78 is 6.33. The zero-order valence-electron chi connectivity index (χ0n) is 15.0. The van der Waals surface area contributed by atoms with Gasteiger partial charge >= 0.3 is 5.97 Å². The van der Waals surface area contributed by atoms with Crippen LogP contribution in [0.15, 0.2) is 52.4 Å². The number of nitrogens with zero attached hydrogens (tertiary/aromatic N) is 2. The van der Waals surface area contributed by atoms with Crippen LogP contribution >= 0.6 is 11.8 Å². The number of para-hydroxylation sites is 1. The minimum absolute atomic E-state index is 0.108. The maximum atomic E-state index is 13.2. The molecule has 0 fully saturated rings. The summed E-state index contributed by atoms with van der Waals surface area (Å²) in [5, 5.41) is 1.15. The summed E-state index contributed by atoms with van der Waals surface area (Å²) >= 11 is 1.38. The molecule has 3 aromatic rings. The number of carbonyl (C=O) groups is 1. The molecular formula is C20H20N2O3S. The molecule has 0 aliphatic carbocycles. The first kappa shape index (κ1) is 18.2. The molecule has 3 rings (SSSR count). The van der Waals surface area contributed by atoms with E-state index in [4.69, 9.17) is 0 Å². The number of thioether (sulfide) groups is 1. The van der Waals surface area contributed by atoms with Gasteiger partial charge in [-0.1, -0.05) is 41.6 Å². The van der Waals surface area contributed by atoms with E-state index >= 15 is 0 Å². The van der Waals surface area contributed by atoms with Crippen LogP contribution in [-0.4, -0.2) is 28.4 Å². The van der Waals surface area contributed by atoms with E-state index in [-0.39, 0.29) is 17.9 Å². The lowest BCUT2D eigenvalue weighted by Crippen LogP contribution is -2.22. The quantitative estimate of drug-likeness (QED) is 0.391. The second kappa shape index (κ2) is 7.74. The molecule has 0 atom stereocenters. The van der Waals surface area contributed by atoms with Gasteiger partial charge in [0.2, 0.25) is 0 Å². The van der Waals surface area contributed by atoms with E-state index in [2.05, 4.69) is 9.72 Å². The molecule has 0 saturated carbocycles. The Morgan fingerprint density at radius 1 is 1.19 bits per heavy atom. The average molecular weight is 368 g/mol. The SMILES string of the molecule is COC(=O)CCSc1nc2ccccc2c(=O)n1-c1ccc(C)cc1C. The summed E-state index contributed by atoms with van der Waals surface area (Å²) in [4.78, 5) is 29.2. The zero-order valence-corrected chi connectivity index (χ0v) is 15.8. The number of esters is 1. The fourth-order valence-electron chi connectivity index (χ4n) is 2.81. The molecule has 0 aliphatic heterocycles. The van der Waals surface area contributed by atoms with Crippen molar-refractivity contribution in [3.63, 3.8) is 0 Å². The normalized spacial score (nSPS) is 10.9. The predicted octanol–water partition coefficient (Wildman–Crippen LogP) is 3.66. The van der Waals surface area contributed by atoms with Crippen molar-refractivity contribution in [1.29, 1.82) is 0 Å². The highest BCUT2D eigenvalue weighted by Gasteiger charge is 2.15. The van der Waals surface area contributed by atoms with Gasteiger partial charge in [0.05, 0.1) is 30.1 Å². The molecule has 0 radical (unpaired) electrons. The van der Waals surface area contributed by atoms with Crippen molar-refractivity contribution < 1.29 is 9.53 Å². The number of aromatic nitrogens is 2. The molecule has 0 N–H and O–H groups in total. The first-order chi connectivity index (χ1) is 12.5. The number of fused-ring (bicyclic) bond motifs is 1. The fraction of sp³-hybridized carbons (Fsp3) is 0.250. The lowest BCUT2D eigenvalue weighted by molar-refractivity contribution is -0.140. The lowest BCUT2D eigenvalue weighted by Gasteiger charge is -2.15. The topological polar surface area (TPSA) is 61.2 Å². The Bertz CT molecular complexity index is 1030. The van der Waals surface area contributed by atoms with Crippen molar-refractivity contribution in [3.8, 4) is 5.69 Å². The van der Waals surface area contributed by atoms with Gasteiger partial charge in [0.1, 0.15) is 0 Å². The van der Waals surface area contributed by atoms with E-state index in [1.807, 2.05) is 50.2 Å². The highest BCUT2D eigenvalue weighted by molar-refractivity contribution is 7.99. The van der Waals surface area contributed by atoms with E-state index < -0.39 is 0 Å². The van der Waals surface area contributed by atoms with Crippen LogP contribution in [0.1, 0.15) is 17.5 Å². The van der Waals surface area contributed by atoms with Crippen molar-refractivity contribution >= 4 is 28.6 Å². The molecular weight excluding hydrogens is 348 g/mol. The van der Waals surface area contributed by atoms with Crippen LogP contribution in [-0.2, 0) is 9.53 Å². The third-order valence-corrected chi connectivity index (χ3v) is 5.04. The van der Waals surface area contributed by atoms with Crippen LogP contribution in [0, 0.1) is 13.8 Å². The molecule has 0 unspecified atom stereocenters. The maximum Gasteiger partial charge on any atom is 0.306 e. The lowest BCUT2D eigenvalue weighted by atomic mass is 10.1. The largest absolute Gasteiger partial charge is 0.469 e. The van der Waals surface area contributed by atoms with Gasteiger partial charge in [-0.25, -0.2) is 4.98 Å². The monoisotopic (exact) mass is 368 g/mol. The van der Waals surface area contributed by atoms with Gasteiger partial charge in [-0.3, -0.25) is 14.2 Å². The second-order valence-electron chi connectivity index (χ2n) is 6.02. The van der Waals surface area contributed by atoms with Gasteiger partial charge in [0.25, 0.3) is 5.56 Å². The summed E-state index contributed by atoms with van der Waals surface area (Å²) in [5.74, 6) is 0.209. The number of aryl methyl sites for hydroxylation is 2. The van der Waals surface area contributed by atoms with E-state index in [0.29, 0.717) is 21.8 Å². The molecule has 26 heavy (non-hydrogen) atoms. The Morgan fingerprint density at radius 2 is 1.96 bits per heavy atom. The van der Waals surface area contributed by atoms with Crippen molar-refractivity contribution in [2.75, 3.05) is 12.9 Å². The van der Waals surface area contributed by atoms with Gasteiger partial charge in [0.15, 0.2) is 5.16 Å². The highest BCUT2D eigenvalue weighted by atomic mass is 32.2. The predicted molar refractivity (Wildman–Crippen MR) is 104 cm³/mol. The third-order valence-electron chi connectivity index (χ3n) is 4.10. The molecule has 0 bridgehead atoms. The second-order valence-corrected chi connectivity index (χ2v) is 7.08. The Morgan fingerprint density at radius 3 is 2.69 bits per heavy atom. The molecule has 0 aliphatic rings. The molecule has 0 spiro atoms. The van der Waals surface area contributed by atoms with Crippen LogP contribution in [0.25, 0.3) is 16.6 Å². The van der Waals surface area contributed by atoms with Gasteiger partial charge < -0.3 is 4.74 Å². The number of rotatable bonds is 5. The van der Waals surface area contributed by atoms with Gasteiger partial charge in [-0.15, -0.1) is 0 Å². The zero-order chi connectivity index (χ0) is 18.7.